The van der Waals surface area contributed by atoms with E-state index < -0.39 is 24.1 Å². The van der Waals surface area contributed by atoms with Crippen molar-refractivity contribution in [2.75, 3.05) is 11.4 Å². The smallest absolute Gasteiger partial charge is 0.445 e. The summed E-state index contributed by atoms with van der Waals surface area (Å²) in [4.78, 5) is 13.4. The molecule has 1 amide bonds. The average Bonchev–Trinajstić information content (AvgIpc) is 2.67. The normalized spacial score (nSPS) is 14.5. The van der Waals surface area contributed by atoms with Gasteiger partial charge in [-0.15, -0.1) is 5.46 Å². The standard InChI is InChI=1S/C13H16BF3NO2.K/c1-13(2,3)20-12(19)18-7-6-9-8-10(14(15,16)17)4-5-11(9)18;/h4-5,8H,6-7H2,1-3H3;/q-1;+1. The molecule has 0 atom stereocenters. The molecule has 0 bridgehead atoms. The second-order valence-corrected chi connectivity index (χ2v) is 5.84. The number of anilines is 1. The van der Waals surface area contributed by atoms with Gasteiger partial charge in [-0.3, -0.25) is 4.90 Å². The second-order valence-electron chi connectivity index (χ2n) is 5.84. The van der Waals surface area contributed by atoms with Crippen molar-refractivity contribution in [3.63, 3.8) is 0 Å². The van der Waals surface area contributed by atoms with E-state index >= 15 is 0 Å². The number of hydrogen-bond donors (Lipinski definition) is 0. The van der Waals surface area contributed by atoms with Gasteiger partial charge in [0.2, 0.25) is 0 Å². The molecule has 0 saturated carbocycles. The van der Waals surface area contributed by atoms with Crippen molar-refractivity contribution < 1.29 is 73.9 Å². The Morgan fingerprint density at radius 1 is 1.29 bits per heavy atom. The molecule has 8 heteroatoms. The number of hydrogen-bond acceptors (Lipinski definition) is 2. The minimum Gasteiger partial charge on any atom is -0.445 e. The summed E-state index contributed by atoms with van der Waals surface area (Å²) < 4.78 is 43.3. The van der Waals surface area contributed by atoms with E-state index in [1.54, 1.807) is 20.8 Å². The molecule has 0 aliphatic carbocycles. The number of carbonyl (C=O) groups excluding carboxylic acids is 1. The molecular weight excluding hydrogens is 309 g/mol. The molecule has 0 fully saturated rings. The van der Waals surface area contributed by atoms with Crippen molar-refractivity contribution in [2.45, 2.75) is 32.8 Å². The third kappa shape index (κ3) is 4.72. The fourth-order valence-corrected chi connectivity index (χ4v) is 2.13. The van der Waals surface area contributed by atoms with Gasteiger partial charge in [0.15, 0.2) is 0 Å². The summed E-state index contributed by atoms with van der Waals surface area (Å²) in [7, 11) is 0. The molecule has 0 radical (unpaired) electrons. The minimum atomic E-state index is -5.01. The quantitative estimate of drug-likeness (QED) is 0.683. The zero-order valence-corrected chi connectivity index (χ0v) is 15.7. The largest absolute Gasteiger partial charge is 1.00 e. The molecule has 0 saturated heterocycles. The molecule has 0 unspecified atom stereocenters. The Morgan fingerprint density at radius 3 is 2.43 bits per heavy atom. The van der Waals surface area contributed by atoms with Crippen molar-refractivity contribution in [1.29, 1.82) is 0 Å². The van der Waals surface area contributed by atoms with Crippen molar-refractivity contribution in [2.24, 2.45) is 0 Å². The van der Waals surface area contributed by atoms with Gasteiger partial charge in [-0.25, -0.2) is 4.79 Å². The third-order valence-corrected chi connectivity index (χ3v) is 2.99. The van der Waals surface area contributed by atoms with Crippen LogP contribution in [0.4, 0.5) is 23.4 Å². The molecule has 1 aliphatic rings. The molecular formula is C13H16BF3KNO2. The summed E-state index contributed by atoms with van der Waals surface area (Å²) in [5.74, 6) is 0. The Kier molecular flexibility index (Phi) is 6.00. The van der Waals surface area contributed by atoms with Crippen molar-refractivity contribution in [1.82, 2.24) is 0 Å². The Hall–Kier alpha value is -0.0187. The van der Waals surface area contributed by atoms with Crippen LogP contribution in [0.25, 0.3) is 0 Å². The van der Waals surface area contributed by atoms with Crippen LogP contribution in [0, 0.1) is 0 Å². The van der Waals surface area contributed by atoms with Gasteiger partial charge in [-0.05, 0) is 38.8 Å². The molecule has 21 heavy (non-hydrogen) atoms. The van der Waals surface area contributed by atoms with Crippen LogP contribution in [-0.4, -0.2) is 25.2 Å². The van der Waals surface area contributed by atoms with Crippen molar-refractivity contribution in [3.05, 3.63) is 23.8 Å². The molecule has 1 heterocycles. The Morgan fingerprint density at radius 2 is 1.90 bits per heavy atom. The molecule has 2 rings (SSSR count). The van der Waals surface area contributed by atoms with Gasteiger partial charge in [0, 0.05) is 6.54 Å². The van der Waals surface area contributed by atoms with E-state index in [0.717, 1.165) is 12.1 Å². The predicted octanol–water partition coefficient (Wildman–Crippen LogP) is 0.0426. The van der Waals surface area contributed by atoms with Crippen molar-refractivity contribution >= 4 is 24.2 Å². The number of carbonyl (C=O) groups is 1. The molecule has 3 nitrogen and oxygen atoms in total. The molecule has 0 spiro atoms. The zero-order chi connectivity index (χ0) is 15.1. The van der Waals surface area contributed by atoms with Crippen LogP contribution in [0.3, 0.4) is 0 Å². The van der Waals surface area contributed by atoms with Gasteiger partial charge < -0.3 is 17.7 Å². The fraction of sp³-hybridized carbons (Fsp3) is 0.462. The summed E-state index contributed by atoms with van der Waals surface area (Å²) in [6, 6.07) is 3.48. The molecule has 110 valence electrons. The van der Waals surface area contributed by atoms with E-state index in [4.69, 9.17) is 4.74 Å². The van der Waals surface area contributed by atoms with Crippen LogP contribution in [0.1, 0.15) is 26.3 Å². The second kappa shape index (κ2) is 6.62. The first kappa shape index (κ1) is 19.0. The SMILES string of the molecule is CC(C)(C)OC(=O)N1CCc2cc([B-](F)(F)F)ccc21.[K+]. The van der Waals surface area contributed by atoms with Crippen LogP contribution < -0.4 is 61.7 Å². The number of nitrogens with zero attached hydrogens (tertiary/aromatic N) is 1. The number of benzene rings is 1. The van der Waals surface area contributed by atoms with Gasteiger partial charge >= 0.3 is 64.5 Å². The van der Waals surface area contributed by atoms with E-state index in [-0.39, 0.29) is 51.4 Å². The first-order chi connectivity index (χ1) is 9.08. The molecule has 0 N–H and O–H groups in total. The molecule has 0 aromatic heterocycles. The molecule has 1 aromatic carbocycles. The van der Waals surface area contributed by atoms with E-state index in [0.29, 0.717) is 24.2 Å². The Balaban J connectivity index is 0.00000220. The van der Waals surface area contributed by atoms with Gasteiger partial charge in [-0.1, -0.05) is 12.1 Å². The summed E-state index contributed by atoms with van der Waals surface area (Å²) >= 11 is 0. The summed E-state index contributed by atoms with van der Waals surface area (Å²) in [6.07, 6.45) is -0.115. The first-order valence-corrected chi connectivity index (χ1v) is 6.41. The minimum absolute atomic E-state index is 0. The van der Waals surface area contributed by atoms with Gasteiger partial charge in [0.05, 0.1) is 5.69 Å². The van der Waals surface area contributed by atoms with Gasteiger partial charge in [0.1, 0.15) is 5.60 Å². The number of amides is 1. The first-order valence-electron chi connectivity index (χ1n) is 6.41. The Bertz CT molecular complexity index is 543. The number of halogens is 3. The van der Waals surface area contributed by atoms with E-state index in [1.165, 1.54) is 11.0 Å². The van der Waals surface area contributed by atoms with Gasteiger partial charge in [0.25, 0.3) is 0 Å². The van der Waals surface area contributed by atoms with Crippen LogP contribution in [0.15, 0.2) is 18.2 Å². The maximum absolute atomic E-state index is 12.7. The zero-order valence-electron chi connectivity index (χ0n) is 12.6. The molecule has 1 aliphatic heterocycles. The van der Waals surface area contributed by atoms with E-state index in [1.807, 2.05) is 0 Å². The monoisotopic (exact) mass is 325 g/mol. The van der Waals surface area contributed by atoms with Crippen LogP contribution in [-0.2, 0) is 11.2 Å². The fourth-order valence-electron chi connectivity index (χ4n) is 2.13. The van der Waals surface area contributed by atoms with Crippen LogP contribution in [0.2, 0.25) is 0 Å². The number of rotatable bonds is 1. The number of ether oxygens (including phenoxy) is 1. The van der Waals surface area contributed by atoms with E-state index in [2.05, 4.69) is 0 Å². The Labute approximate surface area is 164 Å². The maximum atomic E-state index is 12.7. The maximum Gasteiger partial charge on any atom is 1.00 e. The average molecular weight is 325 g/mol. The van der Waals surface area contributed by atoms with Gasteiger partial charge in [-0.2, -0.15) is 0 Å². The van der Waals surface area contributed by atoms with Crippen molar-refractivity contribution in [3.8, 4) is 0 Å². The van der Waals surface area contributed by atoms with Crippen LogP contribution in [0.5, 0.6) is 0 Å². The predicted molar refractivity (Wildman–Crippen MR) is 72.4 cm³/mol. The molecule has 1 aromatic rings. The summed E-state index contributed by atoms with van der Waals surface area (Å²) in [5.41, 5.74) is -0.222. The van der Waals surface area contributed by atoms with E-state index in [9.17, 15) is 17.7 Å². The third-order valence-electron chi connectivity index (χ3n) is 2.99. The summed E-state index contributed by atoms with van der Waals surface area (Å²) in [5, 5.41) is 0. The van der Waals surface area contributed by atoms with Crippen LogP contribution >= 0.6 is 0 Å². The topological polar surface area (TPSA) is 29.5 Å². The number of fused-ring (bicyclic) bond motifs is 1. The summed E-state index contributed by atoms with van der Waals surface area (Å²) in [6.45, 7) is 0.576.